The maximum atomic E-state index is 6.32. The average Bonchev–Trinajstić information content (AvgIpc) is 2.72. The highest BCUT2D eigenvalue weighted by molar-refractivity contribution is 5.31. The van der Waals surface area contributed by atoms with E-state index in [-0.39, 0.29) is 6.04 Å². The van der Waals surface area contributed by atoms with Crippen LogP contribution in [-0.4, -0.2) is 30.6 Å². The smallest absolute Gasteiger partial charge is 0.0716 e. The Labute approximate surface area is 110 Å². The van der Waals surface area contributed by atoms with E-state index in [2.05, 4.69) is 43.0 Å². The summed E-state index contributed by atoms with van der Waals surface area (Å²) >= 11 is 0. The van der Waals surface area contributed by atoms with Crippen LogP contribution in [0.5, 0.6) is 0 Å². The van der Waals surface area contributed by atoms with E-state index < -0.39 is 0 Å². The van der Waals surface area contributed by atoms with Crippen LogP contribution in [0.4, 0.5) is 0 Å². The molecular formula is C15H24N2O. The average molecular weight is 248 g/mol. The van der Waals surface area contributed by atoms with Crippen LogP contribution in [0.3, 0.4) is 0 Å². The van der Waals surface area contributed by atoms with Crippen LogP contribution in [0.25, 0.3) is 0 Å². The quantitative estimate of drug-likeness (QED) is 0.888. The second kappa shape index (κ2) is 5.83. The lowest BCUT2D eigenvalue weighted by Gasteiger charge is -2.31. The predicted octanol–water partition coefficient (Wildman–Crippen LogP) is 2.32. The van der Waals surface area contributed by atoms with Gasteiger partial charge in [0.2, 0.25) is 0 Å². The Morgan fingerprint density at radius 3 is 2.78 bits per heavy atom. The molecule has 1 aromatic carbocycles. The summed E-state index contributed by atoms with van der Waals surface area (Å²) < 4.78 is 5.30. The van der Waals surface area contributed by atoms with Gasteiger partial charge in [0, 0.05) is 25.7 Å². The zero-order valence-electron chi connectivity index (χ0n) is 11.6. The van der Waals surface area contributed by atoms with E-state index >= 15 is 0 Å². The molecule has 0 spiro atoms. The van der Waals surface area contributed by atoms with Crippen LogP contribution >= 0.6 is 0 Å². The van der Waals surface area contributed by atoms with Gasteiger partial charge in [0.15, 0.2) is 0 Å². The number of rotatable bonds is 4. The van der Waals surface area contributed by atoms with Gasteiger partial charge in [0.25, 0.3) is 0 Å². The maximum Gasteiger partial charge on any atom is 0.0716 e. The zero-order chi connectivity index (χ0) is 13.1. The van der Waals surface area contributed by atoms with Crippen molar-refractivity contribution in [2.45, 2.75) is 45.0 Å². The Kier molecular flexibility index (Phi) is 4.38. The normalized spacial score (nSPS) is 24.9. The molecule has 1 aliphatic rings. The SMILES string of the molecule is COCc1ccccc1C1C(N)CCN1C(C)C. The highest BCUT2D eigenvalue weighted by Gasteiger charge is 2.35. The van der Waals surface area contributed by atoms with Crippen molar-refractivity contribution in [1.29, 1.82) is 0 Å². The van der Waals surface area contributed by atoms with Gasteiger partial charge in [-0.05, 0) is 31.4 Å². The molecule has 3 heteroatoms. The fourth-order valence-corrected chi connectivity index (χ4v) is 2.94. The third-order valence-electron chi connectivity index (χ3n) is 3.82. The number of methoxy groups -OCH3 is 1. The van der Waals surface area contributed by atoms with E-state index in [9.17, 15) is 0 Å². The Bertz CT molecular complexity index is 392. The second-order valence-electron chi connectivity index (χ2n) is 5.36. The molecule has 0 radical (unpaired) electrons. The molecule has 0 saturated carbocycles. The van der Waals surface area contributed by atoms with Crippen molar-refractivity contribution in [3.63, 3.8) is 0 Å². The minimum Gasteiger partial charge on any atom is -0.380 e. The van der Waals surface area contributed by atoms with Crippen LogP contribution in [0, 0.1) is 0 Å². The highest BCUT2D eigenvalue weighted by atomic mass is 16.5. The fraction of sp³-hybridized carbons (Fsp3) is 0.600. The lowest BCUT2D eigenvalue weighted by molar-refractivity contribution is 0.173. The monoisotopic (exact) mass is 248 g/mol. The number of likely N-dealkylation sites (tertiary alicyclic amines) is 1. The molecule has 2 rings (SSSR count). The molecule has 0 aliphatic carbocycles. The molecule has 0 aromatic heterocycles. The molecule has 0 amide bonds. The number of hydrogen-bond acceptors (Lipinski definition) is 3. The second-order valence-corrected chi connectivity index (χ2v) is 5.36. The fourth-order valence-electron chi connectivity index (χ4n) is 2.94. The summed E-state index contributed by atoms with van der Waals surface area (Å²) in [6, 6.07) is 9.58. The molecule has 1 fully saturated rings. The van der Waals surface area contributed by atoms with E-state index in [0.29, 0.717) is 18.7 Å². The van der Waals surface area contributed by atoms with Gasteiger partial charge in [-0.15, -0.1) is 0 Å². The van der Waals surface area contributed by atoms with Crippen molar-refractivity contribution in [2.75, 3.05) is 13.7 Å². The molecule has 1 aliphatic heterocycles. The predicted molar refractivity (Wildman–Crippen MR) is 74.3 cm³/mol. The number of hydrogen-bond donors (Lipinski definition) is 1. The molecule has 2 unspecified atom stereocenters. The molecule has 3 nitrogen and oxygen atoms in total. The first-order chi connectivity index (χ1) is 8.65. The molecule has 18 heavy (non-hydrogen) atoms. The molecular weight excluding hydrogens is 224 g/mol. The first kappa shape index (κ1) is 13.5. The highest BCUT2D eigenvalue weighted by Crippen LogP contribution is 2.34. The first-order valence-electron chi connectivity index (χ1n) is 6.73. The van der Waals surface area contributed by atoms with Crippen molar-refractivity contribution in [1.82, 2.24) is 4.90 Å². The van der Waals surface area contributed by atoms with Crippen molar-refractivity contribution in [2.24, 2.45) is 5.73 Å². The van der Waals surface area contributed by atoms with Crippen molar-refractivity contribution < 1.29 is 4.74 Å². The first-order valence-corrected chi connectivity index (χ1v) is 6.73. The summed E-state index contributed by atoms with van der Waals surface area (Å²) in [4.78, 5) is 2.50. The molecule has 1 saturated heterocycles. The van der Waals surface area contributed by atoms with Crippen molar-refractivity contribution in [3.8, 4) is 0 Å². The third-order valence-corrected chi connectivity index (χ3v) is 3.82. The van der Waals surface area contributed by atoms with Crippen LogP contribution < -0.4 is 5.73 Å². The van der Waals surface area contributed by atoms with Gasteiger partial charge in [0.1, 0.15) is 0 Å². The van der Waals surface area contributed by atoms with E-state index in [1.165, 1.54) is 11.1 Å². The Balaban J connectivity index is 2.33. The van der Waals surface area contributed by atoms with E-state index in [1.54, 1.807) is 7.11 Å². The molecule has 2 atom stereocenters. The van der Waals surface area contributed by atoms with Gasteiger partial charge >= 0.3 is 0 Å². The van der Waals surface area contributed by atoms with Gasteiger partial charge in [0.05, 0.1) is 12.6 Å². The van der Waals surface area contributed by atoms with Gasteiger partial charge < -0.3 is 10.5 Å². The van der Waals surface area contributed by atoms with E-state index in [1.807, 2.05) is 0 Å². The summed E-state index contributed by atoms with van der Waals surface area (Å²) in [5.74, 6) is 0. The van der Waals surface area contributed by atoms with E-state index in [0.717, 1.165) is 13.0 Å². The summed E-state index contributed by atoms with van der Waals surface area (Å²) in [6.45, 7) is 6.23. The van der Waals surface area contributed by atoms with Gasteiger partial charge in [-0.25, -0.2) is 0 Å². The number of benzene rings is 1. The lowest BCUT2D eigenvalue weighted by atomic mass is 9.95. The summed E-state index contributed by atoms with van der Waals surface area (Å²) in [5, 5.41) is 0. The largest absolute Gasteiger partial charge is 0.380 e. The molecule has 100 valence electrons. The Hall–Kier alpha value is -0.900. The number of ether oxygens (including phenoxy) is 1. The molecule has 1 aromatic rings. The minimum atomic E-state index is 0.227. The summed E-state index contributed by atoms with van der Waals surface area (Å²) in [6.07, 6.45) is 1.07. The van der Waals surface area contributed by atoms with Crippen LogP contribution in [0.2, 0.25) is 0 Å². The Morgan fingerprint density at radius 2 is 2.11 bits per heavy atom. The Morgan fingerprint density at radius 1 is 1.39 bits per heavy atom. The lowest BCUT2D eigenvalue weighted by Crippen LogP contribution is -2.36. The van der Waals surface area contributed by atoms with Gasteiger partial charge in [-0.3, -0.25) is 4.90 Å². The maximum absolute atomic E-state index is 6.32. The third kappa shape index (κ3) is 2.58. The van der Waals surface area contributed by atoms with Crippen LogP contribution in [0.1, 0.15) is 37.4 Å². The summed E-state index contributed by atoms with van der Waals surface area (Å²) in [7, 11) is 1.74. The standard InChI is InChI=1S/C15H24N2O/c1-11(2)17-9-8-14(16)15(17)13-7-5-4-6-12(13)10-18-3/h4-7,11,14-15H,8-10,16H2,1-3H3. The topological polar surface area (TPSA) is 38.5 Å². The van der Waals surface area contributed by atoms with Gasteiger partial charge in [-0.2, -0.15) is 0 Å². The van der Waals surface area contributed by atoms with Crippen molar-refractivity contribution in [3.05, 3.63) is 35.4 Å². The van der Waals surface area contributed by atoms with Crippen LogP contribution in [-0.2, 0) is 11.3 Å². The summed E-state index contributed by atoms with van der Waals surface area (Å²) in [5.41, 5.74) is 8.91. The zero-order valence-corrected chi connectivity index (χ0v) is 11.6. The van der Waals surface area contributed by atoms with Crippen LogP contribution in [0.15, 0.2) is 24.3 Å². The van der Waals surface area contributed by atoms with Gasteiger partial charge in [-0.1, -0.05) is 24.3 Å². The minimum absolute atomic E-state index is 0.227. The molecule has 2 N–H and O–H groups in total. The molecule has 0 bridgehead atoms. The van der Waals surface area contributed by atoms with E-state index in [4.69, 9.17) is 10.5 Å². The number of nitrogens with zero attached hydrogens (tertiary/aromatic N) is 1. The number of nitrogens with two attached hydrogens (primary N) is 1. The van der Waals surface area contributed by atoms with Crippen molar-refractivity contribution >= 4 is 0 Å². The molecule has 1 heterocycles.